The first-order valence-corrected chi connectivity index (χ1v) is 7.60. The molecule has 4 nitrogen and oxygen atoms in total. The molecule has 0 atom stereocenters. The summed E-state index contributed by atoms with van der Waals surface area (Å²) in [6, 6.07) is 3.68. The van der Waals surface area contributed by atoms with Crippen molar-refractivity contribution in [2.75, 3.05) is 12.4 Å². The summed E-state index contributed by atoms with van der Waals surface area (Å²) < 4.78 is 5.79. The van der Waals surface area contributed by atoms with Gasteiger partial charge in [-0.2, -0.15) is 0 Å². The van der Waals surface area contributed by atoms with Crippen LogP contribution < -0.4 is 0 Å². The second-order valence-corrected chi connectivity index (χ2v) is 6.28. The van der Waals surface area contributed by atoms with E-state index in [1.54, 1.807) is 27.0 Å². The third kappa shape index (κ3) is 4.62. The maximum Gasteiger partial charge on any atom is 0.319 e. The van der Waals surface area contributed by atoms with Gasteiger partial charge in [-0.15, -0.1) is 0 Å². The fraction of sp³-hybridized carbons (Fsp3) is 0.462. The van der Waals surface area contributed by atoms with E-state index >= 15 is 0 Å². The van der Waals surface area contributed by atoms with Gasteiger partial charge in [-0.25, -0.2) is 4.98 Å². The van der Waals surface area contributed by atoms with Gasteiger partial charge in [-0.3, -0.25) is 9.59 Å². The summed E-state index contributed by atoms with van der Waals surface area (Å²) in [5, 5.41) is 0.746. The zero-order valence-corrected chi connectivity index (χ0v) is 13.5. The topological polar surface area (TPSA) is 56.3 Å². The Morgan fingerprint density at radius 1 is 1.42 bits per heavy atom. The van der Waals surface area contributed by atoms with Gasteiger partial charge < -0.3 is 4.74 Å². The average molecular weight is 346 g/mol. The Morgan fingerprint density at radius 3 is 2.63 bits per heavy atom. The number of hydrogen-bond acceptors (Lipinski definition) is 5. The van der Waals surface area contributed by atoms with Crippen LogP contribution in [0, 0.1) is 5.41 Å². The molecule has 19 heavy (non-hydrogen) atoms. The quantitative estimate of drug-likeness (QED) is 0.450. The van der Waals surface area contributed by atoms with Gasteiger partial charge in [0, 0.05) is 10.7 Å². The number of Topliss-reactive ketones (excluding diaryl/α,β-unsaturated/α-hetero) is 1. The van der Waals surface area contributed by atoms with Crippen LogP contribution in [0.4, 0.5) is 0 Å². The van der Waals surface area contributed by atoms with Crippen molar-refractivity contribution in [3.05, 3.63) is 22.8 Å². The molecule has 1 rings (SSSR count). The zero-order valence-electron chi connectivity index (χ0n) is 11.1. The van der Waals surface area contributed by atoms with Crippen molar-refractivity contribution in [2.24, 2.45) is 5.41 Å². The molecule has 1 aromatic rings. The molecule has 0 aliphatic heterocycles. The molecule has 1 heterocycles. The summed E-state index contributed by atoms with van der Waals surface area (Å²) in [5.41, 5.74) is -1.11. The highest BCUT2D eigenvalue weighted by Crippen LogP contribution is 2.24. The van der Waals surface area contributed by atoms with Crippen molar-refractivity contribution in [2.45, 2.75) is 25.8 Å². The van der Waals surface area contributed by atoms with Crippen LogP contribution in [0.5, 0.6) is 0 Å². The van der Waals surface area contributed by atoms with Crippen molar-refractivity contribution >= 4 is 39.4 Å². The molecule has 0 N–H and O–H groups in total. The van der Waals surface area contributed by atoms with E-state index < -0.39 is 11.4 Å². The standard InChI is InChI=1S/C13H16BrNO3S/c1-4-18-12(17)13(2,3)10(16)8-19-11-6-5-9(14)7-15-11/h5-7H,4,8H2,1-3H3. The third-order valence-corrected chi connectivity index (χ3v) is 3.95. The van der Waals surface area contributed by atoms with Gasteiger partial charge >= 0.3 is 5.97 Å². The minimum atomic E-state index is -1.11. The second kappa shape index (κ2) is 7.05. The van der Waals surface area contributed by atoms with E-state index in [2.05, 4.69) is 20.9 Å². The maximum absolute atomic E-state index is 12.1. The molecule has 0 aromatic carbocycles. The van der Waals surface area contributed by atoms with Gasteiger partial charge in [0.25, 0.3) is 0 Å². The molecular weight excluding hydrogens is 330 g/mol. The molecule has 0 fully saturated rings. The number of ether oxygens (including phenoxy) is 1. The normalized spacial score (nSPS) is 11.2. The Hall–Kier alpha value is -0.880. The molecule has 0 unspecified atom stereocenters. The third-order valence-electron chi connectivity index (χ3n) is 2.53. The van der Waals surface area contributed by atoms with Crippen molar-refractivity contribution in [1.82, 2.24) is 4.98 Å². The number of hydrogen-bond donors (Lipinski definition) is 0. The monoisotopic (exact) mass is 345 g/mol. The molecule has 104 valence electrons. The van der Waals surface area contributed by atoms with E-state index in [0.29, 0.717) is 0 Å². The lowest BCUT2D eigenvalue weighted by Gasteiger charge is -2.20. The lowest BCUT2D eigenvalue weighted by Crippen LogP contribution is -2.36. The number of halogens is 1. The maximum atomic E-state index is 12.1. The smallest absolute Gasteiger partial charge is 0.319 e. The Balaban J connectivity index is 2.59. The summed E-state index contributed by atoms with van der Waals surface area (Å²) in [6.07, 6.45) is 1.67. The number of aromatic nitrogens is 1. The second-order valence-electron chi connectivity index (χ2n) is 4.37. The van der Waals surface area contributed by atoms with Gasteiger partial charge in [-0.1, -0.05) is 11.8 Å². The Labute approximate surface area is 125 Å². The van der Waals surface area contributed by atoms with Crippen LogP contribution in [0.15, 0.2) is 27.8 Å². The summed E-state index contributed by atoms with van der Waals surface area (Å²) >= 11 is 4.60. The Bertz CT molecular complexity index is 459. The van der Waals surface area contributed by atoms with Crippen LogP contribution in [0.1, 0.15) is 20.8 Å². The molecule has 0 aliphatic carbocycles. The number of ketones is 1. The minimum Gasteiger partial charge on any atom is -0.465 e. The number of thioether (sulfide) groups is 1. The number of rotatable bonds is 6. The average Bonchev–Trinajstić information content (AvgIpc) is 2.37. The van der Waals surface area contributed by atoms with Gasteiger partial charge in [0.1, 0.15) is 5.41 Å². The minimum absolute atomic E-state index is 0.166. The molecule has 0 aliphatic rings. The summed E-state index contributed by atoms with van der Waals surface area (Å²) in [4.78, 5) is 27.9. The first-order valence-electron chi connectivity index (χ1n) is 5.82. The van der Waals surface area contributed by atoms with Crippen LogP contribution >= 0.6 is 27.7 Å². The summed E-state index contributed by atoms with van der Waals surface area (Å²) in [6.45, 7) is 5.17. The van der Waals surface area contributed by atoms with Gasteiger partial charge in [0.2, 0.25) is 0 Å². The van der Waals surface area contributed by atoms with E-state index in [1.807, 2.05) is 12.1 Å². The van der Waals surface area contributed by atoms with Crippen molar-refractivity contribution < 1.29 is 14.3 Å². The van der Waals surface area contributed by atoms with Gasteiger partial charge in [-0.05, 0) is 48.8 Å². The van der Waals surface area contributed by atoms with E-state index in [1.165, 1.54) is 11.8 Å². The molecule has 1 aromatic heterocycles. The molecule has 0 saturated heterocycles. The number of esters is 1. The van der Waals surface area contributed by atoms with E-state index in [-0.39, 0.29) is 18.1 Å². The number of nitrogens with zero attached hydrogens (tertiary/aromatic N) is 1. The lowest BCUT2D eigenvalue weighted by atomic mass is 9.89. The molecular formula is C13H16BrNO3S. The first kappa shape index (κ1) is 16.2. The summed E-state index contributed by atoms with van der Waals surface area (Å²) in [7, 11) is 0. The van der Waals surface area contributed by atoms with E-state index in [9.17, 15) is 9.59 Å². The Kier molecular flexibility index (Phi) is 6.00. The van der Waals surface area contributed by atoms with Crippen molar-refractivity contribution in [3.8, 4) is 0 Å². The van der Waals surface area contributed by atoms with Crippen LogP contribution in [0.3, 0.4) is 0 Å². The lowest BCUT2D eigenvalue weighted by molar-refractivity contribution is -0.157. The molecule has 6 heteroatoms. The van der Waals surface area contributed by atoms with Crippen molar-refractivity contribution in [3.63, 3.8) is 0 Å². The van der Waals surface area contributed by atoms with Crippen molar-refractivity contribution in [1.29, 1.82) is 0 Å². The predicted molar refractivity (Wildman–Crippen MR) is 78.1 cm³/mol. The largest absolute Gasteiger partial charge is 0.465 e. The number of carbonyl (C=O) groups excluding carboxylic acids is 2. The number of pyridine rings is 1. The first-order chi connectivity index (χ1) is 8.87. The molecule has 0 amide bonds. The van der Waals surface area contributed by atoms with Crippen LogP contribution in [0.25, 0.3) is 0 Å². The molecule has 0 bridgehead atoms. The molecule has 0 radical (unpaired) electrons. The fourth-order valence-electron chi connectivity index (χ4n) is 1.19. The highest BCUT2D eigenvalue weighted by atomic mass is 79.9. The summed E-state index contributed by atoms with van der Waals surface area (Å²) in [5.74, 6) is -0.453. The predicted octanol–water partition coefficient (Wildman–Crippen LogP) is 3.09. The highest BCUT2D eigenvalue weighted by molar-refractivity contribution is 9.10. The fourth-order valence-corrected chi connectivity index (χ4v) is 2.36. The van der Waals surface area contributed by atoms with Crippen LogP contribution in [-0.2, 0) is 14.3 Å². The molecule has 0 spiro atoms. The van der Waals surface area contributed by atoms with E-state index in [4.69, 9.17) is 4.74 Å². The van der Waals surface area contributed by atoms with Crippen LogP contribution in [-0.4, -0.2) is 29.1 Å². The Morgan fingerprint density at radius 2 is 2.11 bits per heavy atom. The SMILES string of the molecule is CCOC(=O)C(C)(C)C(=O)CSc1ccc(Br)cn1. The van der Waals surface area contributed by atoms with E-state index in [0.717, 1.165) is 9.50 Å². The van der Waals surface area contributed by atoms with Gasteiger partial charge in [0.05, 0.1) is 17.4 Å². The van der Waals surface area contributed by atoms with Gasteiger partial charge in [0.15, 0.2) is 5.78 Å². The highest BCUT2D eigenvalue weighted by Gasteiger charge is 2.36. The van der Waals surface area contributed by atoms with Crippen LogP contribution in [0.2, 0.25) is 0 Å². The zero-order chi connectivity index (χ0) is 14.5. The molecule has 0 saturated carbocycles. The number of carbonyl (C=O) groups is 2.